The van der Waals surface area contributed by atoms with Gasteiger partial charge in [-0.1, -0.05) is 22.4 Å². The van der Waals surface area contributed by atoms with Gasteiger partial charge in [-0.3, -0.25) is 9.78 Å². The van der Waals surface area contributed by atoms with Crippen molar-refractivity contribution >= 4 is 21.8 Å². The highest BCUT2D eigenvalue weighted by Crippen LogP contribution is 2.28. The van der Waals surface area contributed by atoms with Crippen LogP contribution < -0.4 is 5.32 Å². The third-order valence-electron chi connectivity index (χ3n) is 3.41. The van der Waals surface area contributed by atoms with Crippen molar-refractivity contribution in [2.45, 2.75) is 37.4 Å². The third kappa shape index (κ3) is 3.80. The second kappa shape index (κ2) is 6.32. The minimum atomic E-state index is -0.0112. The van der Waals surface area contributed by atoms with Crippen LogP contribution in [-0.2, 0) is 0 Å². The van der Waals surface area contributed by atoms with Crippen LogP contribution in [0.25, 0.3) is 0 Å². The topological polar surface area (TPSA) is 42.0 Å². The molecule has 2 rings (SSSR count). The van der Waals surface area contributed by atoms with Crippen molar-refractivity contribution in [2.75, 3.05) is 6.54 Å². The van der Waals surface area contributed by atoms with E-state index in [0.29, 0.717) is 16.3 Å². The van der Waals surface area contributed by atoms with E-state index in [-0.39, 0.29) is 5.91 Å². The van der Waals surface area contributed by atoms with Crippen molar-refractivity contribution in [2.24, 2.45) is 5.92 Å². The second-order valence-electron chi connectivity index (χ2n) is 5.09. The van der Waals surface area contributed by atoms with Gasteiger partial charge >= 0.3 is 0 Å². The molecule has 3 nitrogen and oxygen atoms in total. The Balaban J connectivity index is 1.84. The summed E-state index contributed by atoms with van der Waals surface area (Å²) in [6, 6.07) is 1.87. The first-order chi connectivity index (χ1) is 8.65. The van der Waals surface area contributed by atoms with Crippen LogP contribution in [0.15, 0.2) is 18.5 Å². The number of aromatic nitrogens is 1. The number of rotatable bonds is 3. The van der Waals surface area contributed by atoms with Gasteiger partial charge in [0.1, 0.15) is 0 Å². The molecule has 1 heterocycles. The second-order valence-corrected chi connectivity index (χ2v) is 6.39. The Hall–Kier alpha value is -0.900. The molecule has 1 aromatic heterocycles. The molecular weight excluding hydrogens is 292 g/mol. The van der Waals surface area contributed by atoms with E-state index in [2.05, 4.69) is 26.2 Å². The van der Waals surface area contributed by atoms with E-state index in [0.717, 1.165) is 18.5 Å². The average Bonchev–Trinajstić information content (AvgIpc) is 2.36. The Morgan fingerprint density at radius 3 is 3.06 bits per heavy atom. The van der Waals surface area contributed by atoms with Crippen molar-refractivity contribution in [1.29, 1.82) is 0 Å². The number of amides is 1. The number of pyridine rings is 1. The number of nitrogens with zero attached hydrogens (tertiary/aromatic N) is 1. The summed E-state index contributed by atoms with van der Waals surface area (Å²) in [7, 11) is 0. The molecule has 0 saturated heterocycles. The van der Waals surface area contributed by atoms with E-state index >= 15 is 0 Å². The van der Waals surface area contributed by atoms with Crippen LogP contribution in [0.5, 0.6) is 0 Å². The molecule has 1 amide bonds. The zero-order chi connectivity index (χ0) is 13.0. The third-order valence-corrected chi connectivity index (χ3v) is 4.24. The first-order valence-corrected chi connectivity index (χ1v) is 7.40. The molecule has 18 heavy (non-hydrogen) atoms. The lowest BCUT2D eigenvalue weighted by Gasteiger charge is -2.25. The number of carbonyl (C=O) groups is 1. The highest BCUT2D eigenvalue weighted by atomic mass is 79.9. The standard InChI is InChI=1S/C14H19BrN2O/c1-10-5-12(9-16-7-10)14(18)17-8-11-3-2-4-13(15)6-11/h5,7,9,11,13H,2-4,6,8H2,1H3,(H,17,18). The Labute approximate surface area is 117 Å². The number of aryl methyl sites for hydroxylation is 1. The van der Waals surface area contributed by atoms with Crippen LogP contribution in [-0.4, -0.2) is 22.3 Å². The summed E-state index contributed by atoms with van der Waals surface area (Å²) in [5, 5.41) is 3.02. The van der Waals surface area contributed by atoms with Crippen LogP contribution in [0, 0.1) is 12.8 Å². The number of hydrogen-bond donors (Lipinski definition) is 1. The minimum absolute atomic E-state index is 0.0112. The average molecular weight is 311 g/mol. The van der Waals surface area contributed by atoms with Crippen LogP contribution in [0.2, 0.25) is 0 Å². The fourth-order valence-corrected chi connectivity index (χ4v) is 3.28. The van der Waals surface area contributed by atoms with Crippen LogP contribution in [0.3, 0.4) is 0 Å². The molecule has 1 fully saturated rings. The van der Waals surface area contributed by atoms with Gasteiger partial charge < -0.3 is 5.32 Å². The summed E-state index contributed by atoms with van der Waals surface area (Å²) >= 11 is 3.67. The molecule has 98 valence electrons. The van der Waals surface area contributed by atoms with Crippen molar-refractivity contribution < 1.29 is 4.79 Å². The lowest BCUT2D eigenvalue weighted by atomic mass is 9.89. The van der Waals surface area contributed by atoms with Gasteiger partial charge in [0, 0.05) is 23.8 Å². The minimum Gasteiger partial charge on any atom is -0.352 e. The molecule has 0 spiro atoms. The van der Waals surface area contributed by atoms with Crippen molar-refractivity contribution in [1.82, 2.24) is 10.3 Å². The number of halogens is 1. The summed E-state index contributed by atoms with van der Waals surface area (Å²) < 4.78 is 0. The highest BCUT2D eigenvalue weighted by molar-refractivity contribution is 9.09. The Morgan fingerprint density at radius 2 is 2.33 bits per heavy atom. The molecule has 0 aromatic carbocycles. The summed E-state index contributed by atoms with van der Waals surface area (Å²) in [6.45, 7) is 2.72. The first kappa shape index (κ1) is 13.5. The molecule has 2 unspecified atom stereocenters. The van der Waals surface area contributed by atoms with E-state index < -0.39 is 0 Å². The van der Waals surface area contributed by atoms with Crippen molar-refractivity contribution in [3.8, 4) is 0 Å². The zero-order valence-corrected chi connectivity index (χ0v) is 12.2. The number of carbonyl (C=O) groups excluding carboxylic acids is 1. The molecule has 1 aliphatic rings. The molecular formula is C14H19BrN2O. The SMILES string of the molecule is Cc1cncc(C(=O)NCC2CCCC(Br)C2)c1. The lowest BCUT2D eigenvalue weighted by molar-refractivity contribution is 0.0943. The Morgan fingerprint density at radius 1 is 1.50 bits per heavy atom. The molecule has 1 N–H and O–H groups in total. The molecule has 0 radical (unpaired) electrons. The number of nitrogens with one attached hydrogen (secondary N) is 1. The molecule has 1 aliphatic carbocycles. The normalized spacial score (nSPS) is 23.7. The fraction of sp³-hybridized carbons (Fsp3) is 0.571. The maximum absolute atomic E-state index is 12.0. The highest BCUT2D eigenvalue weighted by Gasteiger charge is 2.20. The summed E-state index contributed by atoms with van der Waals surface area (Å²) in [5.41, 5.74) is 1.67. The van der Waals surface area contributed by atoms with Gasteiger partial charge in [-0.2, -0.15) is 0 Å². The number of alkyl halides is 1. The van der Waals surface area contributed by atoms with Gasteiger partial charge in [0.15, 0.2) is 0 Å². The largest absolute Gasteiger partial charge is 0.352 e. The molecule has 1 aromatic rings. The van der Waals surface area contributed by atoms with Gasteiger partial charge in [-0.15, -0.1) is 0 Å². The first-order valence-electron chi connectivity index (χ1n) is 6.49. The predicted molar refractivity (Wildman–Crippen MR) is 76.0 cm³/mol. The van der Waals surface area contributed by atoms with E-state index in [4.69, 9.17) is 0 Å². The predicted octanol–water partition coefficient (Wildman–Crippen LogP) is 3.07. The smallest absolute Gasteiger partial charge is 0.252 e. The van der Waals surface area contributed by atoms with E-state index in [1.807, 2.05) is 13.0 Å². The van der Waals surface area contributed by atoms with Crippen LogP contribution >= 0.6 is 15.9 Å². The Bertz CT molecular complexity index is 422. The lowest BCUT2D eigenvalue weighted by Crippen LogP contribution is -2.32. The maximum Gasteiger partial charge on any atom is 0.252 e. The molecule has 1 saturated carbocycles. The summed E-state index contributed by atoms with van der Waals surface area (Å²) in [5.74, 6) is 0.590. The Kier molecular flexibility index (Phi) is 4.75. The van der Waals surface area contributed by atoms with Crippen LogP contribution in [0.4, 0.5) is 0 Å². The van der Waals surface area contributed by atoms with Gasteiger partial charge in [-0.25, -0.2) is 0 Å². The fourth-order valence-electron chi connectivity index (χ4n) is 2.43. The number of hydrogen-bond acceptors (Lipinski definition) is 2. The zero-order valence-electron chi connectivity index (χ0n) is 10.7. The van der Waals surface area contributed by atoms with Gasteiger partial charge in [0.25, 0.3) is 5.91 Å². The van der Waals surface area contributed by atoms with Crippen molar-refractivity contribution in [3.63, 3.8) is 0 Å². The molecule has 0 bridgehead atoms. The van der Waals surface area contributed by atoms with E-state index in [1.165, 1.54) is 19.3 Å². The van der Waals surface area contributed by atoms with Crippen LogP contribution in [0.1, 0.15) is 41.6 Å². The monoisotopic (exact) mass is 310 g/mol. The molecule has 0 aliphatic heterocycles. The summed E-state index contributed by atoms with van der Waals surface area (Å²) in [6.07, 6.45) is 8.26. The van der Waals surface area contributed by atoms with Gasteiger partial charge in [0.05, 0.1) is 5.56 Å². The van der Waals surface area contributed by atoms with Gasteiger partial charge in [0.2, 0.25) is 0 Å². The maximum atomic E-state index is 12.0. The van der Waals surface area contributed by atoms with Crippen molar-refractivity contribution in [3.05, 3.63) is 29.6 Å². The van der Waals surface area contributed by atoms with Gasteiger partial charge in [-0.05, 0) is 43.7 Å². The summed E-state index contributed by atoms with van der Waals surface area (Å²) in [4.78, 5) is 16.6. The van der Waals surface area contributed by atoms with E-state index in [9.17, 15) is 4.79 Å². The molecule has 2 atom stereocenters. The molecule has 4 heteroatoms. The van der Waals surface area contributed by atoms with E-state index in [1.54, 1.807) is 12.4 Å². The quantitative estimate of drug-likeness (QED) is 0.872.